The van der Waals surface area contributed by atoms with Gasteiger partial charge < -0.3 is 15.2 Å². The molecule has 2 rings (SSSR count). The maximum absolute atomic E-state index is 12.0. The Balaban J connectivity index is 2.11. The molecule has 2 N–H and O–H groups in total. The molecule has 5 heteroatoms. The largest absolute Gasteiger partial charge is 0.334 e. The summed E-state index contributed by atoms with van der Waals surface area (Å²) < 4.78 is 1.74. The van der Waals surface area contributed by atoms with Crippen molar-refractivity contribution in [2.24, 2.45) is 12.8 Å². The zero-order valence-electron chi connectivity index (χ0n) is 8.89. The molecule has 2 heterocycles. The van der Waals surface area contributed by atoms with Gasteiger partial charge in [0.05, 0.1) is 0 Å². The van der Waals surface area contributed by atoms with E-state index in [1.54, 1.807) is 21.9 Å². The first-order valence-corrected chi connectivity index (χ1v) is 5.20. The molecule has 0 radical (unpaired) electrons. The van der Waals surface area contributed by atoms with E-state index in [9.17, 15) is 4.79 Å². The van der Waals surface area contributed by atoms with Gasteiger partial charge >= 0.3 is 0 Å². The number of carbonyl (C=O) groups is 1. The summed E-state index contributed by atoms with van der Waals surface area (Å²) >= 11 is 0. The zero-order chi connectivity index (χ0) is 10.8. The number of carbonyl (C=O) groups excluding carboxylic acids is 1. The molecule has 1 amide bonds. The number of aromatic nitrogens is 2. The molecule has 82 valence electrons. The van der Waals surface area contributed by atoms with Gasteiger partial charge in [-0.3, -0.25) is 4.79 Å². The summed E-state index contributed by atoms with van der Waals surface area (Å²) in [7, 11) is 1.82. The number of piperidine rings is 1. The van der Waals surface area contributed by atoms with Gasteiger partial charge in [0.15, 0.2) is 5.82 Å². The van der Waals surface area contributed by atoms with Gasteiger partial charge in [-0.25, -0.2) is 4.98 Å². The van der Waals surface area contributed by atoms with Crippen molar-refractivity contribution < 1.29 is 4.79 Å². The lowest BCUT2D eigenvalue weighted by atomic mass is 10.1. The number of imidazole rings is 1. The molecule has 0 aromatic carbocycles. The molecule has 1 saturated heterocycles. The summed E-state index contributed by atoms with van der Waals surface area (Å²) in [5, 5.41) is 0. The molecule has 1 fully saturated rings. The van der Waals surface area contributed by atoms with Crippen LogP contribution < -0.4 is 5.73 Å². The minimum atomic E-state index is -0.0161. The van der Waals surface area contributed by atoms with Crippen molar-refractivity contribution in [2.45, 2.75) is 18.9 Å². The molecule has 5 nitrogen and oxygen atoms in total. The number of amides is 1. The Kier molecular flexibility index (Phi) is 2.73. The van der Waals surface area contributed by atoms with E-state index in [1.807, 2.05) is 7.05 Å². The van der Waals surface area contributed by atoms with E-state index < -0.39 is 0 Å². The van der Waals surface area contributed by atoms with E-state index in [1.165, 1.54) is 0 Å². The van der Waals surface area contributed by atoms with Crippen LogP contribution in [-0.2, 0) is 7.05 Å². The standard InChI is InChI=1S/C10H16N4O/c1-13-6-4-12-9(13)10(15)14-5-2-3-8(11)7-14/h4,6,8H,2-3,5,7,11H2,1H3/t8-/m1/s1. The quantitative estimate of drug-likeness (QED) is 0.705. The van der Waals surface area contributed by atoms with Gasteiger partial charge in [0.25, 0.3) is 5.91 Å². The number of aryl methyl sites for hydroxylation is 1. The number of nitrogens with zero attached hydrogens (tertiary/aromatic N) is 3. The summed E-state index contributed by atoms with van der Waals surface area (Å²) in [6, 6.07) is 0.114. The van der Waals surface area contributed by atoms with Crippen molar-refractivity contribution in [2.75, 3.05) is 13.1 Å². The first kappa shape index (κ1) is 10.2. The van der Waals surface area contributed by atoms with E-state index in [0.29, 0.717) is 12.4 Å². The molecule has 1 atom stereocenters. The summed E-state index contributed by atoms with van der Waals surface area (Å²) in [6.45, 7) is 1.44. The van der Waals surface area contributed by atoms with Crippen LogP contribution in [0.1, 0.15) is 23.5 Å². The SMILES string of the molecule is Cn1ccnc1C(=O)N1CCC[C@@H](N)C1. The molecule has 1 aliphatic heterocycles. The van der Waals surface area contributed by atoms with Crippen molar-refractivity contribution >= 4 is 5.91 Å². The van der Waals surface area contributed by atoms with Gasteiger partial charge in [-0.05, 0) is 12.8 Å². The topological polar surface area (TPSA) is 64.2 Å². The Hall–Kier alpha value is -1.36. The Morgan fingerprint density at radius 1 is 1.67 bits per heavy atom. The van der Waals surface area contributed by atoms with Gasteiger partial charge in [-0.1, -0.05) is 0 Å². The van der Waals surface area contributed by atoms with Crippen molar-refractivity contribution in [1.29, 1.82) is 0 Å². The van der Waals surface area contributed by atoms with Gasteiger partial charge in [0.1, 0.15) is 0 Å². The van der Waals surface area contributed by atoms with Crippen molar-refractivity contribution in [1.82, 2.24) is 14.5 Å². The second-order valence-corrected chi connectivity index (χ2v) is 4.02. The molecule has 1 aromatic heterocycles. The molecular weight excluding hydrogens is 192 g/mol. The minimum Gasteiger partial charge on any atom is -0.334 e. The first-order chi connectivity index (χ1) is 7.18. The van der Waals surface area contributed by atoms with Crippen LogP contribution in [0.4, 0.5) is 0 Å². The fraction of sp³-hybridized carbons (Fsp3) is 0.600. The van der Waals surface area contributed by atoms with Crippen LogP contribution in [0, 0.1) is 0 Å². The van der Waals surface area contributed by atoms with Crippen LogP contribution in [0.5, 0.6) is 0 Å². The van der Waals surface area contributed by atoms with Crippen LogP contribution in [-0.4, -0.2) is 39.5 Å². The zero-order valence-corrected chi connectivity index (χ0v) is 8.89. The Bertz CT molecular complexity index is 360. The highest BCUT2D eigenvalue weighted by Crippen LogP contribution is 2.11. The van der Waals surface area contributed by atoms with Gasteiger partial charge in [0.2, 0.25) is 0 Å². The lowest BCUT2D eigenvalue weighted by molar-refractivity contribution is 0.0693. The summed E-state index contributed by atoms with van der Waals surface area (Å²) in [5.74, 6) is 0.474. The van der Waals surface area contributed by atoms with Crippen LogP contribution in [0.25, 0.3) is 0 Å². The molecular formula is C10H16N4O. The Labute approximate surface area is 88.9 Å². The highest BCUT2D eigenvalue weighted by atomic mass is 16.2. The minimum absolute atomic E-state index is 0.0161. The maximum Gasteiger partial charge on any atom is 0.289 e. The maximum atomic E-state index is 12.0. The molecule has 0 unspecified atom stereocenters. The van der Waals surface area contributed by atoms with Crippen LogP contribution in [0.3, 0.4) is 0 Å². The molecule has 1 aliphatic rings. The number of rotatable bonds is 1. The van der Waals surface area contributed by atoms with E-state index in [-0.39, 0.29) is 11.9 Å². The van der Waals surface area contributed by atoms with E-state index in [2.05, 4.69) is 4.98 Å². The number of hydrogen-bond acceptors (Lipinski definition) is 3. The summed E-state index contributed by atoms with van der Waals surface area (Å²) in [6.07, 6.45) is 5.40. The average molecular weight is 208 g/mol. The third-order valence-corrected chi connectivity index (χ3v) is 2.76. The first-order valence-electron chi connectivity index (χ1n) is 5.20. The van der Waals surface area contributed by atoms with Gasteiger partial charge in [0, 0.05) is 38.6 Å². The van der Waals surface area contributed by atoms with Crippen molar-refractivity contribution in [3.8, 4) is 0 Å². The van der Waals surface area contributed by atoms with Crippen LogP contribution in [0.2, 0.25) is 0 Å². The highest BCUT2D eigenvalue weighted by molar-refractivity contribution is 5.90. The van der Waals surface area contributed by atoms with Crippen LogP contribution in [0.15, 0.2) is 12.4 Å². The third-order valence-electron chi connectivity index (χ3n) is 2.76. The molecule has 0 aliphatic carbocycles. The fourth-order valence-electron chi connectivity index (χ4n) is 1.91. The Morgan fingerprint density at radius 2 is 2.47 bits per heavy atom. The second kappa shape index (κ2) is 4.02. The lowest BCUT2D eigenvalue weighted by Gasteiger charge is -2.30. The monoisotopic (exact) mass is 208 g/mol. The van der Waals surface area contributed by atoms with Gasteiger partial charge in [-0.15, -0.1) is 0 Å². The summed E-state index contributed by atoms with van der Waals surface area (Å²) in [5.41, 5.74) is 5.83. The fourth-order valence-corrected chi connectivity index (χ4v) is 1.91. The average Bonchev–Trinajstić information content (AvgIpc) is 2.63. The molecule has 1 aromatic rings. The lowest BCUT2D eigenvalue weighted by Crippen LogP contribution is -2.46. The number of likely N-dealkylation sites (tertiary alicyclic amines) is 1. The molecule has 0 bridgehead atoms. The number of hydrogen-bond donors (Lipinski definition) is 1. The smallest absolute Gasteiger partial charge is 0.289 e. The van der Waals surface area contributed by atoms with E-state index >= 15 is 0 Å². The predicted octanol–water partition coefficient (Wildman–Crippen LogP) is -0.0166. The van der Waals surface area contributed by atoms with Crippen LogP contribution >= 0.6 is 0 Å². The van der Waals surface area contributed by atoms with E-state index in [4.69, 9.17) is 5.73 Å². The normalized spacial score (nSPS) is 21.7. The molecule has 0 saturated carbocycles. The third kappa shape index (κ3) is 2.02. The predicted molar refractivity (Wildman–Crippen MR) is 56.3 cm³/mol. The molecule has 15 heavy (non-hydrogen) atoms. The Morgan fingerprint density at radius 3 is 3.07 bits per heavy atom. The van der Waals surface area contributed by atoms with Gasteiger partial charge in [-0.2, -0.15) is 0 Å². The summed E-state index contributed by atoms with van der Waals surface area (Å²) in [4.78, 5) is 17.8. The molecule has 0 spiro atoms. The van der Waals surface area contributed by atoms with Crippen molar-refractivity contribution in [3.63, 3.8) is 0 Å². The second-order valence-electron chi connectivity index (χ2n) is 4.02. The number of nitrogens with two attached hydrogens (primary N) is 1. The van der Waals surface area contributed by atoms with Crippen molar-refractivity contribution in [3.05, 3.63) is 18.2 Å². The highest BCUT2D eigenvalue weighted by Gasteiger charge is 2.24. The van der Waals surface area contributed by atoms with E-state index in [0.717, 1.165) is 19.4 Å².